The van der Waals surface area contributed by atoms with E-state index < -0.39 is 0 Å². The first-order valence-corrected chi connectivity index (χ1v) is 14.5. The quantitative estimate of drug-likeness (QED) is 0.195. The Labute approximate surface area is 254 Å². The molecule has 8 rings (SSSR count). The molecule has 3 aromatic carbocycles. The van der Waals surface area contributed by atoms with Crippen LogP contribution in [0.25, 0.3) is 78.0 Å². The van der Waals surface area contributed by atoms with Gasteiger partial charge in [-0.3, -0.25) is 9.97 Å². The lowest BCUT2D eigenvalue weighted by Crippen LogP contribution is -1.94. The Bertz CT molecular complexity index is 2220. The average molecular weight is 564 g/mol. The number of benzene rings is 3. The molecule has 0 atom stereocenters. The maximum absolute atomic E-state index is 5.15. The first kappa shape index (κ1) is 25.6. The van der Waals surface area contributed by atoms with E-state index in [0.717, 1.165) is 72.6 Å². The zero-order valence-corrected chi connectivity index (χ0v) is 23.7. The highest BCUT2D eigenvalue weighted by Gasteiger charge is 2.13. The van der Waals surface area contributed by atoms with Gasteiger partial charge in [-0.2, -0.15) is 0 Å². The third kappa shape index (κ3) is 4.76. The summed E-state index contributed by atoms with van der Waals surface area (Å²) >= 11 is 0. The molecule has 0 aliphatic heterocycles. The summed E-state index contributed by atoms with van der Waals surface area (Å²) in [6.45, 7) is 0. The van der Waals surface area contributed by atoms with Crippen LogP contribution < -0.4 is 0 Å². The van der Waals surface area contributed by atoms with E-state index in [1.54, 1.807) is 24.8 Å². The SMILES string of the molecule is c1cc(-c2cc(-c3ccncc3)nc(-c3ccncc3)c2)cc(-c2cccc(-c3nc4ccccc4c4ccccc34)n2)c1. The van der Waals surface area contributed by atoms with E-state index in [1.807, 2.05) is 36.4 Å². The Morgan fingerprint density at radius 1 is 0.318 bits per heavy atom. The first-order valence-electron chi connectivity index (χ1n) is 14.5. The van der Waals surface area contributed by atoms with Crippen LogP contribution in [0.3, 0.4) is 0 Å². The molecule has 5 aromatic heterocycles. The fourth-order valence-electron chi connectivity index (χ4n) is 5.72. The zero-order valence-electron chi connectivity index (χ0n) is 23.7. The number of hydrogen-bond acceptors (Lipinski definition) is 5. The molecule has 0 bridgehead atoms. The van der Waals surface area contributed by atoms with Crippen LogP contribution in [-0.4, -0.2) is 24.9 Å². The number of fused-ring (bicyclic) bond motifs is 3. The minimum atomic E-state index is 0.846. The van der Waals surface area contributed by atoms with Gasteiger partial charge in [0.05, 0.1) is 34.0 Å². The van der Waals surface area contributed by atoms with Gasteiger partial charge in [-0.25, -0.2) is 15.0 Å². The van der Waals surface area contributed by atoms with Gasteiger partial charge in [0.1, 0.15) is 0 Å². The fraction of sp³-hybridized carbons (Fsp3) is 0. The summed E-state index contributed by atoms with van der Waals surface area (Å²) in [6, 6.07) is 43.6. The minimum absolute atomic E-state index is 0.846. The van der Waals surface area contributed by atoms with Gasteiger partial charge in [0.25, 0.3) is 0 Å². The van der Waals surface area contributed by atoms with Crippen molar-refractivity contribution in [3.8, 4) is 56.3 Å². The van der Waals surface area contributed by atoms with Crippen LogP contribution in [0.5, 0.6) is 0 Å². The van der Waals surface area contributed by atoms with Gasteiger partial charge >= 0.3 is 0 Å². The third-order valence-electron chi connectivity index (χ3n) is 7.87. The summed E-state index contributed by atoms with van der Waals surface area (Å²) in [7, 11) is 0. The molecule has 0 spiro atoms. The van der Waals surface area contributed by atoms with Crippen molar-refractivity contribution in [2.75, 3.05) is 0 Å². The monoisotopic (exact) mass is 563 g/mol. The Kier molecular flexibility index (Phi) is 6.39. The van der Waals surface area contributed by atoms with Gasteiger partial charge < -0.3 is 0 Å². The van der Waals surface area contributed by atoms with Crippen molar-refractivity contribution in [3.63, 3.8) is 0 Å². The van der Waals surface area contributed by atoms with E-state index in [1.165, 1.54) is 5.39 Å². The molecule has 0 amide bonds. The van der Waals surface area contributed by atoms with Crippen molar-refractivity contribution in [3.05, 3.63) is 152 Å². The van der Waals surface area contributed by atoms with Crippen LogP contribution in [0.15, 0.2) is 152 Å². The predicted octanol–water partition coefficient (Wildman–Crippen LogP) is 9.30. The lowest BCUT2D eigenvalue weighted by molar-refractivity contribution is 1.27. The number of para-hydroxylation sites is 1. The second-order valence-electron chi connectivity index (χ2n) is 10.6. The molecule has 44 heavy (non-hydrogen) atoms. The standard InChI is InChI=1S/C39H25N5/c1-2-11-33-31(9-1)32-10-3-4-12-35(32)44-39(33)36-14-6-13-34(42-36)29-8-5-7-28(23-29)30-24-37(26-15-19-40-20-16-26)43-38(25-30)27-17-21-41-22-18-27/h1-25H. The molecule has 0 aliphatic rings. The lowest BCUT2D eigenvalue weighted by Gasteiger charge is -2.12. The molecule has 0 radical (unpaired) electrons. The molecular weight excluding hydrogens is 538 g/mol. The van der Waals surface area contributed by atoms with E-state index >= 15 is 0 Å². The smallest absolute Gasteiger partial charge is 0.0972 e. The molecule has 5 heteroatoms. The van der Waals surface area contributed by atoms with Crippen LogP contribution in [0, 0.1) is 0 Å². The normalized spacial score (nSPS) is 11.2. The van der Waals surface area contributed by atoms with Gasteiger partial charge in [0.2, 0.25) is 0 Å². The number of rotatable bonds is 5. The maximum Gasteiger partial charge on any atom is 0.0972 e. The van der Waals surface area contributed by atoms with Crippen LogP contribution in [0.2, 0.25) is 0 Å². The topological polar surface area (TPSA) is 64.5 Å². The van der Waals surface area contributed by atoms with Gasteiger partial charge in [-0.05, 0) is 77.2 Å². The van der Waals surface area contributed by atoms with E-state index in [4.69, 9.17) is 15.0 Å². The molecule has 0 aliphatic carbocycles. The van der Waals surface area contributed by atoms with E-state index in [0.29, 0.717) is 0 Å². The first-order chi connectivity index (χ1) is 21.8. The molecule has 8 aromatic rings. The molecule has 0 unspecified atom stereocenters. The van der Waals surface area contributed by atoms with Crippen molar-refractivity contribution < 1.29 is 0 Å². The molecule has 0 saturated heterocycles. The second kappa shape index (κ2) is 11.0. The van der Waals surface area contributed by atoms with Gasteiger partial charge in [-0.1, -0.05) is 66.7 Å². The van der Waals surface area contributed by atoms with Crippen LogP contribution in [0.4, 0.5) is 0 Å². The van der Waals surface area contributed by atoms with E-state index in [-0.39, 0.29) is 0 Å². The van der Waals surface area contributed by atoms with Crippen LogP contribution in [0.1, 0.15) is 0 Å². The van der Waals surface area contributed by atoms with Crippen LogP contribution >= 0.6 is 0 Å². The van der Waals surface area contributed by atoms with E-state index in [9.17, 15) is 0 Å². The Morgan fingerprint density at radius 3 is 1.61 bits per heavy atom. The molecule has 0 N–H and O–H groups in total. The van der Waals surface area contributed by atoms with Crippen molar-refractivity contribution in [2.45, 2.75) is 0 Å². The van der Waals surface area contributed by atoms with Crippen molar-refractivity contribution in [2.24, 2.45) is 0 Å². The van der Waals surface area contributed by atoms with Crippen molar-refractivity contribution in [1.82, 2.24) is 24.9 Å². The summed E-state index contributed by atoms with van der Waals surface area (Å²) in [4.78, 5) is 23.6. The van der Waals surface area contributed by atoms with Gasteiger partial charge in [0.15, 0.2) is 0 Å². The summed E-state index contributed by atoms with van der Waals surface area (Å²) in [5.41, 5.74) is 10.6. The molecule has 0 saturated carbocycles. The second-order valence-corrected chi connectivity index (χ2v) is 10.6. The Hall–Kier alpha value is -6.07. The maximum atomic E-state index is 5.15. The fourth-order valence-corrected chi connectivity index (χ4v) is 5.72. The molecule has 206 valence electrons. The molecule has 5 nitrogen and oxygen atoms in total. The highest BCUT2D eigenvalue weighted by molar-refractivity contribution is 6.10. The summed E-state index contributed by atoms with van der Waals surface area (Å²) in [6.07, 6.45) is 7.18. The van der Waals surface area contributed by atoms with Gasteiger partial charge in [-0.15, -0.1) is 0 Å². The van der Waals surface area contributed by atoms with E-state index in [2.05, 4.69) is 101 Å². The van der Waals surface area contributed by atoms with Crippen molar-refractivity contribution in [1.29, 1.82) is 0 Å². The summed E-state index contributed by atoms with van der Waals surface area (Å²) in [5, 5.41) is 3.41. The summed E-state index contributed by atoms with van der Waals surface area (Å²) < 4.78 is 0. The summed E-state index contributed by atoms with van der Waals surface area (Å²) in [5.74, 6) is 0. The Balaban J connectivity index is 1.24. The lowest BCUT2D eigenvalue weighted by atomic mass is 9.98. The minimum Gasteiger partial charge on any atom is -0.265 e. The van der Waals surface area contributed by atoms with Crippen molar-refractivity contribution >= 4 is 21.7 Å². The number of nitrogens with zero attached hydrogens (tertiary/aromatic N) is 5. The average Bonchev–Trinajstić information content (AvgIpc) is 3.12. The third-order valence-corrected chi connectivity index (χ3v) is 7.87. The number of pyridine rings is 5. The largest absolute Gasteiger partial charge is 0.265 e. The molecule has 5 heterocycles. The number of aromatic nitrogens is 5. The zero-order chi connectivity index (χ0) is 29.3. The Morgan fingerprint density at radius 2 is 0.886 bits per heavy atom. The molecule has 0 fully saturated rings. The van der Waals surface area contributed by atoms with Crippen LogP contribution in [-0.2, 0) is 0 Å². The predicted molar refractivity (Wildman–Crippen MR) is 178 cm³/mol. The highest BCUT2D eigenvalue weighted by Crippen LogP contribution is 2.34. The highest BCUT2D eigenvalue weighted by atomic mass is 14.8. The molecular formula is C39H25N5. The number of hydrogen-bond donors (Lipinski definition) is 0. The van der Waals surface area contributed by atoms with Gasteiger partial charge in [0, 0.05) is 52.3 Å².